The van der Waals surface area contributed by atoms with Gasteiger partial charge in [-0.15, -0.1) is 0 Å². The van der Waals surface area contributed by atoms with Crippen LogP contribution in [0.2, 0.25) is 0 Å². The average molecular weight is 102 g/mol. The summed E-state index contributed by atoms with van der Waals surface area (Å²) in [6.07, 6.45) is 1.88. The minimum absolute atomic E-state index is 0.167. The topological polar surface area (TPSA) is 34.3 Å². The predicted molar refractivity (Wildman–Crippen MR) is 28.3 cm³/mol. The second kappa shape index (κ2) is 4.09. The summed E-state index contributed by atoms with van der Waals surface area (Å²) in [5, 5.41) is 8.15. The minimum Gasteiger partial charge on any atom is -0.297 e. The smallest absolute Gasteiger partial charge is 0.0530 e. The molecule has 0 heterocycles. The van der Waals surface area contributed by atoms with Gasteiger partial charge in [-0.3, -0.25) is 5.21 Å². The van der Waals surface area contributed by atoms with Gasteiger partial charge in [0.15, 0.2) is 0 Å². The van der Waals surface area contributed by atoms with Gasteiger partial charge in [0, 0.05) is 0 Å². The van der Waals surface area contributed by atoms with Gasteiger partial charge in [-0.25, -0.2) is 0 Å². The molecule has 1 N–H and O–H groups in total. The van der Waals surface area contributed by atoms with Crippen LogP contribution in [0.4, 0.5) is 0 Å². The molecule has 0 bridgehead atoms. The van der Waals surface area contributed by atoms with E-state index in [0.717, 1.165) is 12.8 Å². The van der Waals surface area contributed by atoms with Gasteiger partial charge in [-0.2, -0.15) is 0 Å². The van der Waals surface area contributed by atoms with Crippen molar-refractivity contribution in [3.8, 4) is 0 Å². The molecular weight excluding hydrogens is 90.1 g/mol. The van der Waals surface area contributed by atoms with Gasteiger partial charge in [-0.1, -0.05) is 19.3 Å². The van der Waals surface area contributed by atoms with E-state index in [4.69, 9.17) is 5.21 Å². The Hall–Kier alpha value is -0.0800. The normalized spacial score (nSPS) is 10.3. The van der Waals surface area contributed by atoms with Crippen molar-refractivity contribution in [2.45, 2.75) is 32.7 Å². The van der Waals surface area contributed by atoms with Gasteiger partial charge >= 0.3 is 0 Å². The van der Waals surface area contributed by atoms with Crippen molar-refractivity contribution in [1.29, 1.82) is 0 Å². The van der Waals surface area contributed by atoms with Crippen molar-refractivity contribution >= 4 is 0 Å². The SMILES string of the molecule is CCC(CC)[N]O. The van der Waals surface area contributed by atoms with Gasteiger partial charge in [0.2, 0.25) is 0 Å². The molecule has 0 atom stereocenters. The highest BCUT2D eigenvalue weighted by atomic mass is 16.5. The van der Waals surface area contributed by atoms with Crippen LogP contribution < -0.4 is 5.48 Å². The highest BCUT2D eigenvalue weighted by Crippen LogP contribution is 1.94. The molecule has 2 heteroatoms. The molecule has 0 aliphatic rings. The first-order valence-electron chi connectivity index (χ1n) is 2.69. The molecule has 0 aliphatic carbocycles. The Balaban J connectivity index is 2.99. The molecule has 0 fully saturated rings. The Kier molecular flexibility index (Phi) is 4.04. The molecule has 0 rings (SSSR count). The highest BCUT2D eigenvalue weighted by Gasteiger charge is 1.98. The summed E-state index contributed by atoms with van der Waals surface area (Å²) < 4.78 is 0. The number of hydrogen-bond donors (Lipinski definition) is 1. The van der Waals surface area contributed by atoms with Crippen LogP contribution in [0.25, 0.3) is 0 Å². The molecule has 0 spiro atoms. The van der Waals surface area contributed by atoms with Gasteiger partial charge in [0.05, 0.1) is 6.04 Å². The molecule has 1 radical (unpaired) electrons. The van der Waals surface area contributed by atoms with Crippen molar-refractivity contribution in [2.24, 2.45) is 0 Å². The van der Waals surface area contributed by atoms with Crippen molar-refractivity contribution < 1.29 is 5.21 Å². The summed E-state index contributed by atoms with van der Waals surface area (Å²) in [4.78, 5) is 0. The van der Waals surface area contributed by atoms with Gasteiger partial charge in [0.25, 0.3) is 0 Å². The first-order chi connectivity index (χ1) is 3.35. The molecular formula is C5H12NO. The maximum Gasteiger partial charge on any atom is 0.0530 e. The molecule has 0 aromatic rings. The Labute approximate surface area is 44.5 Å². The lowest BCUT2D eigenvalue weighted by molar-refractivity contribution is 0.111. The maximum atomic E-state index is 8.15. The summed E-state index contributed by atoms with van der Waals surface area (Å²) in [7, 11) is 0. The first-order valence-corrected chi connectivity index (χ1v) is 2.69. The summed E-state index contributed by atoms with van der Waals surface area (Å²) in [6, 6.07) is 0.167. The molecule has 0 saturated carbocycles. The number of hydroxylamine groups is 1. The van der Waals surface area contributed by atoms with Crippen LogP contribution in [0, 0.1) is 0 Å². The average Bonchev–Trinajstić information content (AvgIpc) is 1.72. The Bertz CT molecular complexity index is 29.6. The molecule has 0 unspecified atom stereocenters. The minimum atomic E-state index is 0.167. The molecule has 0 saturated heterocycles. The fourth-order valence-electron chi connectivity index (χ4n) is 0.452. The zero-order chi connectivity index (χ0) is 5.70. The third kappa shape index (κ3) is 2.60. The number of hydrogen-bond acceptors (Lipinski definition) is 1. The van der Waals surface area contributed by atoms with Crippen LogP contribution >= 0.6 is 0 Å². The largest absolute Gasteiger partial charge is 0.297 e. The van der Waals surface area contributed by atoms with Gasteiger partial charge < -0.3 is 0 Å². The van der Waals surface area contributed by atoms with Gasteiger partial charge in [-0.05, 0) is 12.8 Å². The van der Waals surface area contributed by atoms with E-state index in [1.165, 1.54) is 0 Å². The van der Waals surface area contributed by atoms with Crippen molar-refractivity contribution in [3.63, 3.8) is 0 Å². The highest BCUT2D eigenvalue weighted by molar-refractivity contribution is 4.52. The van der Waals surface area contributed by atoms with Crippen LogP contribution in [-0.4, -0.2) is 11.2 Å². The zero-order valence-corrected chi connectivity index (χ0v) is 4.89. The van der Waals surface area contributed by atoms with E-state index in [1.54, 1.807) is 0 Å². The van der Waals surface area contributed by atoms with E-state index in [9.17, 15) is 0 Å². The Morgan fingerprint density at radius 2 is 1.86 bits per heavy atom. The standard InChI is InChI=1S/C5H12NO/c1-3-5(4-2)6-7/h5,7H,3-4H2,1-2H3. The van der Waals surface area contributed by atoms with E-state index < -0.39 is 0 Å². The maximum absolute atomic E-state index is 8.15. The Morgan fingerprint density at radius 1 is 1.43 bits per heavy atom. The quantitative estimate of drug-likeness (QED) is 0.533. The molecule has 0 amide bonds. The van der Waals surface area contributed by atoms with Crippen molar-refractivity contribution in [2.75, 3.05) is 0 Å². The van der Waals surface area contributed by atoms with Crippen molar-refractivity contribution in [3.05, 3.63) is 0 Å². The van der Waals surface area contributed by atoms with E-state index in [1.807, 2.05) is 13.8 Å². The fraction of sp³-hybridized carbons (Fsp3) is 1.00. The van der Waals surface area contributed by atoms with Crippen molar-refractivity contribution in [1.82, 2.24) is 5.48 Å². The number of nitrogens with zero attached hydrogens (tertiary/aromatic N) is 1. The van der Waals surface area contributed by atoms with Crippen LogP contribution in [-0.2, 0) is 0 Å². The van der Waals surface area contributed by atoms with Crippen LogP contribution in [0.15, 0.2) is 0 Å². The van der Waals surface area contributed by atoms with E-state index in [-0.39, 0.29) is 6.04 Å². The lowest BCUT2D eigenvalue weighted by Gasteiger charge is -2.03. The lowest BCUT2D eigenvalue weighted by atomic mass is 10.2. The van der Waals surface area contributed by atoms with Gasteiger partial charge in [0.1, 0.15) is 0 Å². The third-order valence-electron chi connectivity index (χ3n) is 1.11. The third-order valence-corrected chi connectivity index (χ3v) is 1.11. The summed E-state index contributed by atoms with van der Waals surface area (Å²) in [5.74, 6) is 0. The Morgan fingerprint density at radius 3 is 1.86 bits per heavy atom. The molecule has 43 valence electrons. The second-order valence-electron chi connectivity index (χ2n) is 1.59. The van der Waals surface area contributed by atoms with E-state index >= 15 is 0 Å². The predicted octanol–water partition coefficient (Wildman–Crippen LogP) is 1.17. The lowest BCUT2D eigenvalue weighted by Crippen LogP contribution is -2.15. The summed E-state index contributed by atoms with van der Waals surface area (Å²) in [6.45, 7) is 4.02. The van der Waals surface area contributed by atoms with Crippen LogP contribution in [0.1, 0.15) is 26.7 Å². The monoisotopic (exact) mass is 102 g/mol. The molecule has 0 aromatic carbocycles. The van der Waals surface area contributed by atoms with Crippen LogP contribution in [0.5, 0.6) is 0 Å². The van der Waals surface area contributed by atoms with Crippen LogP contribution in [0.3, 0.4) is 0 Å². The summed E-state index contributed by atoms with van der Waals surface area (Å²) in [5.41, 5.74) is 3.12. The summed E-state index contributed by atoms with van der Waals surface area (Å²) >= 11 is 0. The molecule has 0 aliphatic heterocycles. The zero-order valence-electron chi connectivity index (χ0n) is 4.89. The van der Waals surface area contributed by atoms with E-state index in [2.05, 4.69) is 5.48 Å². The molecule has 7 heavy (non-hydrogen) atoms. The molecule has 0 aromatic heterocycles. The van der Waals surface area contributed by atoms with E-state index in [0.29, 0.717) is 0 Å². The number of rotatable bonds is 3. The fourth-order valence-corrected chi connectivity index (χ4v) is 0.452. The second-order valence-corrected chi connectivity index (χ2v) is 1.59. The first kappa shape index (κ1) is 6.92. The molecule has 2 nitrogen and oxygen atoms in total.